The highest BCUT2D eigenvalue weighted by atomic mass is 16.1. The van der Waals surface area contributed by atoms with Crippen LogP contribution in [0.15, 0.2) is 24.3 Å². The lowest BCUT2D eigenvalue weighted by atomic mass is 10.0. The Kier molecular flexibility index (Phi) is 5.99. The molecule has 0 aliphatic heterocycles. The third-order valence-corrected chi connectivity index (χ3v) is 3.16. The molecular weight excluding hydrogens is 238 g/mol. The van der Waals surface area contributed by atoms with E-state index in [-0.39, 0.29) is 17.9 Å². The van der Waals surface area contributed by atoms with Crippen LogP contribution in [0, 0.1) is 5.92 Å². The topological polar surface area (TPSA) is 58.4 Å². The Balaban J connectivity index is 2.56. The van der Waals surface area contributed by atoms with Gasteiger partial charge in [-0.05, 0) is 32.1 Å². The van der Waals surface area contributed by atoms with Crippen molar-refractivity contribution in [2.45, 2.75) is 33.0 Å². The van der Waals surface area contributed by atoms with E-state index in [1.807, 2.05) is 40.1 Å². The first-order valence-electron chi connectivity index (χ1n) is 6.66. The average molecular weight is 263 g/mol. The fourth-order valence-corrected chi connectivity index (χ4v) is 1.79. The summed E-state index contributed by atoms with van der Waals surface area (Å²) in [6.45, 7) is 5.15. The molecule has 0 aromatic heterocycles. The molecule has 0 saturated carbocycles. The number of rotatable bonds is 6. The van der Waals surface area contributed by atoms with Crippen molar-refractivity contribution < 1.29 is 4.79 Å². The molecule has 106 valence electrons. The Labute approximate surface area is 116 Å². The lowest BCUT2D eigenvalue weighted by Gasteiger charge is -2.16. The number of hydrogen-bond acceptors (Lipinski definition) is 3. The van der Waals surface area contributed by atoms with Crippen LogP contribution >= 0.6 is 0 Å². The molecule has 2 unspecified atom stereocenters. The Bertz CT molecular complexity index is 416. The number of carbonyl (C=O) groups is 1. The second-order valence-corrected chi connectivity index (χ2v) is 5.42. The van der Waals surface area contributed by atoms with E-state index in [0.29, 0.717) is 6.54 Å². The minimum atomic E-state index is -0.162. The van der Waals surface area contributed by atoms with Gasteiger partial charge in [0, 0.05) is 25.0 Å². The van der Waals surface area contributed by atoms with Gasteiger partial charge in [0.2, 0.25) is 5.91 Å². The zero-order chi connectivity index (χ0) is 14.4. The van der Waals surface area contributed by atoms with E-state index in [4.69, 9.17) is 5.73 Å². The molecule has 2 atom stereocenters. The third-order valence-electron chi connectivity index (χ3n) is 3.16. The maximum atomic E-state index is 11.8. The van der Waals surface area contributed by atoms with Crippen molar-refractivity contribution in [3.63, 3.8) is 0 Å². The second kappa shape index (κ2) is 7.26. The van der Waals surface area contributed by atoms with Gasteiger partial charge in [-0.15, -0.1) is 0 Å². The first kappa shape index (κ1) is 15.7. The zero-order valence-electron chi connectivity index (χ0n) is 12.3. The summed E-state index contributed by atoms with van der Waals surface area (Å²) in [6, 6.07) is 8.14. The van der Waals surface area contributed by atoms with Crippen molar-refractivity contribution in [2.75, 3.05) is 14.1 Å². The van der Waals surface area contributed by atoms with Crippen LogP contribution in [-0.2, 0) is 17.9 Å². The molecule has 0 bridgehead atoms. The molecule has 4 nitrogen and oxygen atoms in total. The number of amides is 1. The Morgan fingerprint density at radius 1 is 1.32 bits per heavy atom. The fourth-order valence-electron chi connectivity index (χ4n) is 1.79. The van der Waals surface area contributed by atoms with Crippen LogP contribution in [0.2, 0.25) is 0 Å². The molecular formula is C15H25N3O. The molecule has 0 heterocycles. The van der Waals surface area contributed by atoms with Crippen LogP contribution in [0.5, 0.6) is 0 Å². The molecule has 4 heteroatoms. The van der Waals surface area contributed by atoms with E-state index in [0.717, 1.165) is 12.1 Å². The van der Waals surface area contributed by atoms with Crippen molar-refractivity contribution in [3.05, 3.63) is 35.4 Å². The summed E-state index contributed by atoms with van der Waals surface area (Å²) < 4.78 is 0. The summed E-state index contributed by atoms with van der Waals surface area (Å²) in [6.07, 6.45) is 0. The molecule has 0 saturated heterocycles. The van der Waals surface area contributed by atoms with Crippen molar-refractivity contribution in [2.24, 2.45) is 11.7 Å². The number of nitrogens with one attached hydrogen (secondary N) is 1. The number of nitrogens with zero attached hydrogens (tertiary/aromatic N) is 1. The van der Waals surface area contributed by atoms with E-state index in [1.165, 1.54) is 5.56 Å². The minimum absolute atomic E-state index is 0.00742. The molecule has 0 radical (unpaired) electrons. The summed E-state index contributed by atoms with van der Waals surface area (Å²) in [4.78, 5) is 13.9. The summed E-state index contributed by atoms with van der Waals surface area (Å²) in [7, 11) is 4.08. The Hall–Kier alpha value is -1.39. The van der Waals surface area contributed by atoms with Crippen molar-refractivity contribution in [3.8, 4) is 0 Å². The molecule has 0 fully saturated rings. The SMILES string of the molecule is CC(N)C(C)C(=O)NCc1cccc(CN(C)C)c1. The molecule has 0 spiro atoms. The lowest BCUT2D eigenvalue weighted by Crippen LogP contribution is -2.38. The van der Waals surface area contributed by atoms with Gasteiger partial charge >= 0.3 is 0 Å². The second-order valence-electron chi connectivity index (χ2n) is 5.42. The normalized spacial score (nSPS) is 14.2. The Morgan fingerprint density at radius 2 is 1.95 bits per heavy atom. The smallest absolute Gasteiger partial charge is 0.224 e. The van der Waals surface area contributed by atoms with Crippen molar-refractivity contribution in [1.82, 2.24) is 10.2 Å². The average Bonchev–Trinajstić information content (AvgIpc) is 2.34. The number of carbonyl (C=O) groups excluding carboxylic acids is 1. The van der Waals surface area contributed by atoms with Crippen LogP contribution < -0.4 is 11.1 Å². The highest BCUT2D eigenvalue weighted by Crippen LogP contribution is 2.07. The number of nitrogens with two attached hydrogens (primary N) is 1. The van der Waals surface area contributed by atoms with Crippen LogP contribution in [0.25, 0.3) is 0 Å². The molecule has 1 amide bonds. The maximum absolute atomic E-state index is 11.8. The monoisotopic (exact) mass is 263 g/mol. The van der Waals surface area contributed by atoms with Gasteiger partial charge in [-0.3, -0.25) is 4.79 Å². The largest absolute Gasteiger partial charge is 0.352 e. The lowest BCUT2D eigenvalue weighted by molar-refractivity contribution is -0.125. The quantitative estimate of drug-likeness (QED) is 0.814. The first-order chi connectivity index (χ1) is 8.90. The molecule has 3 N–H and O–H groups in total. The predicted molar refractivity (Wildman–Crippen MR) is 78.5 cm³/mol. The van der Waals surface area contributed by atoms with Gasteiger partial charge in [0.1, 0.15) is 0 Å². The number of benzene rings is 1. The van der Waals surface area contributed by atoms with Gasteiger partial charge in [0.05, 0.1) is 0 Å². The summed E-state index contributed by atoms with van der Waals surface area (Å²) in [5.74, 6) is -0.155. The Morgan fingerprint density at radius 3 is 2.53 bits per heavy atom. The van der Waals surface area contributed by atoms with E-state index in [1.54, 1.807) is 0 Å². The predicted octanol–water partition coefficient (Wildman–Crippen LogP) is 1.35. The molecule has 1 aromatic carbocycles. The third kappa shape index (κ3) is 5.41. The van der Waals surface area contributed by atoms with Gasteiger partial charge in [0.15, 0.2) is 0 Å². The van der Waals surface area contributed by atoms with Crippen LogP contribution in [-0.4, -0.2) is 30.9 Å². The fraction of sp³-hybridized carbons (Fsp3) is 0.533. The summed E-state index contributed by atoms with van der Waals surface area (Å²) in [5, 5.41) is 2.93. The van der Waals surface area contributed by atoms with Crippen molar-refractivity contribution in [1.29, 1.82) is 0 Å². The summed E-state index contributed by atoms with van der Waals surface area (Å²) in [5.41, 5.74) is 8.08. The van der Waals surface area contributed by atoms with Crippen LogP contribution in [0.4, 0.5) is 0 Å². The van der Waals surface area contributed by atoms with Gasteiger partial charge in [0.25, 0.3) is 0 Å². The van der Waals surface area contributed by atoms with Crippen LogP contribution in [0.3, 0.4) is 0 Å². The summed E-state index contributed by atoms with van der Waals surface area (Å²) >= 11 is 0. The molecule has 0 aliphatic rings. The minimum Gasteiger partial charge on any atom is -0.352 e. The van der Waals surface area contributed by atoms with E-state index < -0.39 is 0 Å². The highest BCUT2D eigenvalue weighted by Gasteiger charge is 2.16. The highest BCUT2D eigenvalue weighted by molar-refractivity contribution is 5.78. The zero-order valence-corrected chi connectivity index (χ0v) is 12.3. The van der Waals surface area contributed by atoms with Gasteiger partial charge in [-0.1, -0.05) is 31.2 Å². The van der Waals surface area contributed by atoms with E-state index >= 15 is 0 Å². The molecule has 1 aromatic rings. The van der Waals surface area contributed by atoms with Gasteiger partial charge in [-0.2, -0.15) is 0 Å². The maximum Gasteiger partial charge on any atom is 0.224 e. The standard InChI is InChI=1S/C15H25N3O/c1-11(12(2)16)15(19)17-9-13-6-5-7-14(8-13)10-18(3)4/h5-8,11-12H,9-10,16H2,1-4H3,(H,17,19). The van der Waals surface area contributed by atoms with Crippen molar-refractivity contribution >= 4 is 5.91 Å². The van der Waals surface area contributed by atoms with Crippen LogP contribution in [0.1, 0.15) is 25.0 Å². The van der Waals surface area contributed by atoms with Gasteiger partial charge < -0.3 is 16.0 Å². The van der Waals surface area contributed by atoms with E-state index in [9.17, 15) is 4.79 Å². The van der Waals surface area contributed by atoms with E-state index in [2.05, 4.69) is 22.3 Å². The molecule has 0 aliphatic carbocycles. The first-order valence-corrected chi connectivity index (χ1v) is 6.66. The number of hydrogen-bond donors (Lipinski definition) is 2. The molecule has 1 rings (SSSR count). The van der Waals surface area contributed by atoms with Gasteiger partial charge in [-0.25, -0.2) is 0 Å². The molecule has 19 heavy (non-hydrogen) atoms.